The molecule has 1 atom stereocenters. The van der Waals surface area contributed by atoms with E-state index in [0.29, 0.717) is 18.2 Å². The fraction of sp³-hybridized carbons (Fsp3) is 0.438. The summed E-state index contributed by atoms with van der Waals surface area (Å²) in [5.74, 6) is 0.335. The van der Waals surface area contributed by atoms with E-state index in [1.807, 2.05) is 30.3 Å². The molecule has 1 aromatic rings. The number of nitrogens with one attached hydrogen (secondary N) is 2. The number of amidine groups is 1. The fourth-order valence-corrected chi connectivity index (χ4v) is 2.52. The summed E-state index contributed by atoms with van der Waals surface area (Å²) < 4.78 is 0. The Hall–Kier alpha value is -2.37. The Morgan fingerprint density at radius 2 is 2.09 bits per heavy atom. The summed E-state index contributed by atoms with van der Waals surface area (Å²) in [6.45, 7) is 2.37. The largest absolute Gasteiger partial charge is 0.349 e. The van der Waals surface area contributed by atoms with Crippen molar-refractivity contribution in [3.8, 4) is 0 Å². The van der Waals surface area contributed by atoms with E-state index in [2.05, 4.69) is 15.7 Å². The van der Waals surface area contributed by atoms with Crippen molar-refractivity contribution >= 4 is 23.3 Å². The van der Waals surface area contributed by atoms with Crippen molar-refractivity contribution < 1.29 is 9.59 Å². The van der Waals surface area contributed by atoms with Crippen molar-refractivity contribution in [1.82, 2.24) is 10.7 Å². The van der Waals surface area contributed by atoms with Crippen LogP contribution >= 0.6 is 0 Å². The van der Waals surface area contributed by atoms with Gasteiger partial charge in [0.2, 0.25) is 5.84 Å². The number of amides is 2. The van der Waals surface area contributed by atoms with Gasteiger partial charge in [0.25, 0.3) is 11.8 Å². The Morgan fingerprint density at radius 1 is 1.36 bits per heavy atom. The molecule has 1 saturated carbocycles. The highest BCUT2D eigenvalue weighted by atomic mass is 16.2. The normalized spacial score (nSPS) is 21.7. The molecule has 0 aromatic heterocycles. The van der Waals surface area contributed by atoms with Crippen molar-refractivity contribution in [2.24, 2.45) is 10.9 Å². The van der Waals surface area contributed by atoms with Crippen molar-refractivity contribution in [3.05, 3.63) is 30.3 Å². The van der Waals surface area contributed by atoms with Crippen LogP contribution in [0.1, 0.15) is 26.2 Å². The van der Waals surface area contributed by atoms with Crippen LogP contribution in [0.2, 0.25) is 0 Å². The van der Waals surface area contributed by atoms with Crippen molar-refractivity contribution in [3.63, 3.8) is 0 Å². The number of carbonyl (C=O) groups excluding carboxylic acids is 2. The molecule has 0 unspecified atom stereocenters. The molecule has 22 heavy (non-hydrogen) atoms. The van der Waals surface area contributed by atoms with Crippen LogP contribution in [0, 0.1) is 5.92 Å². The fourth-order valence-electron chi connectivity index (χ4n) is 2.52. The molecule has 6 nitrogen and oxygen atoms in total. The average molecular weight is 300 g/mol. The van der Waals surface area contributed by atoms with E-state index in [1.54, 1.807) is 6.92 Å². The molecule has 0 spiro atoms. The Morgan fingerprint density at radius 3 is 2.73 bits per heavy atom. The summed E-state index contributed by atoms with van der Waals surface area (Å²) in [4.78, 5) is 28.6. The zero-order valence-corrected chi connectivity index (χ0v) is 12.6. The van der Waals surface area contributed by atoms with E-state index in [-0.39, 0.29) is 17.6 Å². The second kappa shape index (κ2) is 6.17. The summed E-state index contributed by atoms with van der Waals surface area (Å²) in [5, 5.41) is 4.28. The van der Waals surface area contributed by atoms with Crippen molar-refractivity contribution in [2.75, 3.05) is 11.6 Å². The Bertz CT molecular complexity index is 595. The molecule has 1 aliphatic carbocycles. The van der Waals surface area contributed by atoms with Gasteiger partial charge in [-0.1, -0.05) is 24.6 Å². The minimum Gasteiger partial charge on any atom is -0.349 e. The molecule has 6 heteroatoms. The highest BCUT2D eigenvalue weighted by molar-refractivity contribution is 6.39. The average Bonchev–Trinajstić information content (AvgIpc) is 2.49. The van der Waals surface area contributed by atoms with Crippen LogP contribution in [0.15, 0.2) is 35.3 Å². The molecule has 2 aliphatic rings. The second-order valence-corrected chi connectivity index (χ2v) is 5.78. The Balaban J connectivity index is 1.70. The molecular weight excluding hydrogens is 280 g/mol. The van der Waals surface area contributed by atoms with Crippen molar-refractivity contribution in [2.45, 2.75) is 32.2 Å². The van der Waals surface area contributed by atoms with E-state index >= 15 is 0 Å². The Labute approximate surface area is 129 Å². The second-order valence-electron chi connectivity index (χ2n) is 5.78. The topological polar surface area (TPSA) is 73.8 Å². The maximum atomic E-state index is 12.2. The number of hydrazine groups is 1. The zero-order chi connectivity index (χ0) is 15.5. The monoisotopic (exact) mass is 300 g/mol. The number of benzene rings is 1. The quantitative estimate of drug-likeness (QED) is 0.878. The molecule has 1 aromatic carbocycles. The van der Waals surface area contributed by atoms with E-state index in [9.17, 15) is 9.59 Å². The summed E-state index contributed by atoms with van der Waals surface area (Å²) >= 11 is 0. The molecule has 2 amide bonds. The lowest BCUT2D eigenvalue weighted by Gasteiger charge is -2.31. The van der Waals surface area contributed by atoms with Gasteiger partial charge in [0.1, 0.15) is 6.04 Å². The first-order valence-corrected chi connectivity index (χ1v) is 7.67. The summed E-state index contributed by atoms with van der Waals surface area (Å²) in [6.07, 6.45) is 3.59. The van der Waals surface area contributed by atoms with Gasteiger partial charge in [0, 0.05) is 6.54 Å². The highest BCUT2D eigenvalue weighted by Crippen LogP contribution is 2.25. The van der Waals surface area contributed by atoms with E-state index < -0.39 is 6.04 Å². The van der Waals surface area contributed by atoms with Crippen LogP contribution in [0.5, 0.6) is 0 Å². The van der Waals surface area contributed by atoms with E-state index in [4.69, 9.17) is 0 Å². The molecule has 0 saturated heterocycles. The molecule has 1 heterocycles. The van der Waals surface area contributed by atoms with Crippen molar-refractivity contribution in [1.29, 1.82) is 0 Å². The smallest absolute Gasteiger partial charge is 0.288 e. The van der Waals surface area contributed by atoms with Crippen LogP contribution in [0.4, 0.5) is 5.69 Å². The maximum Gasteiger partial charge on any atom is 0.288 e. The number of para-hydroxylation sites is 1. The zero-order valence-electron chi connectivity index (χ0n) is 12.6. The van der Waals surface area contributed by atoms with Gasteiger partial charge < -0.3 is 5.32 Å². The predicted octanol–water partition coefficient (Wildman–Crippen LogP) is 1.24. The minimum atomic E-state index is -0.578. The van der Waals surface area contributed by atoms with Crippen LogP contribution < -0.4 is 15.8 Å². The number of aliphatic imine (C=N–C) groups is 1. The molecule has 0 bridgehead atoms. The maximum absolute atomic E-state index is 12.2. The van der Waals surface area contributed by atoms with Gasteiger partial charge in [-0.25, -0.2) is 10.0 Å². The first-order valence-electron chi connectivity index (χ1n) is 7.67. The molecule has 2 N–H and O–H groups in total. The third kappa shape index (κ3) is 2.95. The number of rotatable bonds is 4. The molecular formula is C16H20N4O2. The molecule has 1 fully saturated rings. The number of hydrogen-bond donors (Lipinski definition) is 2. The lowest BCUT2D eigenvalue weighted by Crippen LogP contribution is -2.58. The predicted molar refractivity (Wildman–Crippen MR) is 84.3 cm³/mol. The molecule has 0 radical (unpaired) electrons. The van der Waals surface area contributed by atoms with E-state index in [1.165, 1.54) is 24.3 Å². The molecule has 116 valence electrons. The molecule has 3 rings (SSSR count). The first kappa shape index (κ1) is 14.6. The summed E-state index contributed by atoms with van der Waals surface area (Å²) in [5.41, 5.74) is 3.52. The number of hydrogen-bond acceptors (Lipinski definition) is 4. The highest BCUT2D eigenvalue weighted by Gasteiger charge is 2.31. The van der Waals surface area contributed by atoms with Crippen LogP contribution in [-0.2, 0) is 9.59 Å². The number of nitrogens with zero attached hydrogens (tertiary/aromatic N) is 2. The van der Waals surface area contributed by atoms with Gasteiger partial charge in [-0.15, -0.1) is 0 Å². The van der Waals surface area contributed by atoms with Gasteiger partial charge >= 0.3 is 0 Å². The van der Waals surface area contributed by atoms with Gasteiger partial charge in [-0.2, -0.15) is 0 Å². The summed E-state index contributed by atoms with van der Waals surface area (Å²) in [7, 11) is 0. The third-order valence-electron chi connectivity index (χ3n) is 4.12. The summed E-state index contributed by atoms with van der Waals surface area (Å²) in [6, 6.07) is 8.61. The lowest BCUT2D eigenvalue weighted by atomic mass is 9.85. The van der Waals surface area contributed by atoms with Gasteiger partial charge in [-0.05, 0) is 37.8 Å². The number of anilines is 1. The van der Waals surface area contributed by atoms with Crippen LogP contribution in [0.25, 0.3) is 0 Å². The van der Waals surface area contributed by atoms with Gasteiger partial charge in [-0.3, -0.25) is 15.0 Å². The van der Waals surface area contributed by atoms with Gasteiger partial charge in [0.05, 0.1) is 5.69 Å². The van der Waals surface area contributed by atoms with Crippen LogP contribution in [0.3, 0.4) is 0 Å². The molecule has 1 aliphatic heterocycles. The third-order valence-corrected chi connectivity index (χ3v) is 4.12. The Kier molecular flexibility index (Phi) is 4.09. The number of carbonyl (C=O) groups is 2. The van der Waals surface area contributed by atoms with Crippen LogP contribution in [-0.4, -0.2) is 30.2 Å². The minimum absolute atomic E-state index is 0.179. The van der Waals surface area contributed by atoms with E-state index in [0.717, 1.165) is 0 Å². The first-order chi connectivity index (χ1) is 10.6. The lowest BCUT2D eigenvalue weighted by molar-refractivity contribution is -0.120. The SMILES string of the molecule is C[C@@H]1N=C(C(=O)NCC2CCC2)NN(c2ccccc2)C1=O. The standard InChI is InChI=1S/C16H20N4O2/c1-11-16(22)20(13-8-3-2-4-9-13)19-14(18-11)15(21)17-10-12-6-5-7-12/h2-4,8-9,11-12H,5-7,10H2,1H3,(H,17,21)(H,18,19)/t11-/m0/s1. The van der Waals surface area contributed by atoms with Gasteiger partial charge in [0.15, 0.2) is 0 Å².